The van der Waals surface area contributed by atoms with Crippen molar-refractivity contribution in [3.63, 3.8) is 0 Å². The lowest BCUT2D eigenvalue weighted by Crippen LogP contribution is -2.32. The topological polar surface area (TPSA) is 70.5 Å². The number of aromatic nitrogens is 2. The molecule has 8 heteroatoms. The summed E-state index contributed by atoms with van der Waals surface area (Å²) >= 11 is 8.00. The molecule has 3 heterocycles. The average molecular weight is 442 g/mol. The second-order valence-electron chi connectivity index (χ2n) is 6.93. The summed E-state index contributed by atoms with van der Waals surface area (Å²) in [5.74, 6) is 1.07. The zero-order chi connectivity index (χ0) is 21.7. The minimum atomic E-state index is -0.200. The van der Waals surface area contributed by atoms with E-state index in [1.165, 1.54) is 17.8 Å². The predicted octanol–water partition coefficient (Wildman–Crippen LogP) is 4.53. The molecule has 0 radical (unpaired) electrons. The normalized spacial score (nSPS) is 13.9. The summed E-state index contributed by atoms with van der Waals surface area (Å²) in [5, 5.41) is 3.35. The number of nitrogens with one attached hydrogen (secondary N) is 1. The van der Waals surface area contributed by atoms with Gasteiger partial charge in [0.2, 0.25) is 5.91 Å². The smallest absolute Gasteiger partial charge is 0.244 e. The van der Waals surface area contributed by atoms with Crippen molar-refractivity contribution in [2.45, 2.75) is 20.3 Å². The lowest BCUT2D eigenvalue weighted by atomic mass is 10.1. The molecule has 0 saturated heterocycles. The van der Waals surface area contributed by atoms with E-state index in [1.807, 2.05) is 26.1 Å². The van der Waals surface area contributed by atoms with Gasteiger partial charge < -0.3 is 10.2 Å². The van der Waals surface area contributed by atoms with Gasteiger partial charge in [-0.1, -0.05) is 24.2 Å². The lowest BCUT2D eigenvalue weighted by Gasteiger charge is -2.30. The number of pyridine rings is 2. The Balaban J connectivity index is 1.84. The van der Waals surface area contributed by atoms with Gasteiger partial charge in [-0.2, -0.15) is 0 Å². The molecule has 0 unspecified atom stereocenters. The van der Waals surface area contributed by atoms with E-state index < -0.39 is 0 Å². The van der Waals surface area contributed by atoms with Gasteiger partial charge in [-0.05, 0) is 43.8 Å². The third-order valence-corrected chi connectivity index (χ3v) is 6.08. The number of nitrogens with zero attached hydrogens (tertiary/aromatic N) is 4. The molecule has 0 fully saturated rings. The summed E-state index contributed by atoms with van der Waals surface area (Å²) < 4.78 is 0. The van der Waals surface area contributed by atoms with Gasteiger partial charge in [-0.3, -0.25) is 14.8 Å². The lowest BCUT2D eigenvalue weighted by molar-refractivity contribution is -0.116. The fraction of sp³-hybridized carbons (Fsp3) is 0.273. The van der Waals surface area contributed by atoms with Crippen LogP contribution >= 0.6 is 23.4 Å². The van der Waals surface area contributed by atoms with Crippen molar-refractivity contribution in [2.24, 2.45) is 4.99 Å². The maximum Gasteiger partial charge on any atom is 0.244 e. The molecule has 0 atom stereocenters. The largest absolute Gasteiger partial charge is 0.351 e. The van der Waals surface area contributed by atoms with Crippen LogP contribution in [0.1, 0.15) is 17.5 Å². The van der Waals surface area contributed by atoms with Crippen molar-refractivity contribution < 1.29 is 4.79 Å². The Hall–Kier alpha value is -2.64. The van der Waals surface area contributed by atoms with Crippen LogP contribution < -0.4 is 10.2 Å². The van der Waals surface area contributed by atoms with Crippen molar-refractivity contribution >= 4 is 41.8 Å². The molecule has 2 aromatic heterocycles. The zero-order valence-corrected chi connectivity index (χ0v) is 18.7. The summed E-state index contributed by atoms with van der Waals surface area (Å²) in [7, 11) is 0. The van der Waals surface area contributed by atoms with Crippen LogP contribution in [-0.4, -0.2) is 41.6 Å². The molecule has 1 N–H and O–H groups in total. The van der Waals surface area contributed by atoms with Crippen molar-refractivity contribution in [1.82, 2.24) is 15.3 Å². The molecule has 1 aliphatic heterocycles. The first-order chi connectivity index (χ1) is 14.4. The van der Waals surface area contributed by atoms with E-state index >= 15 is 0 Å². The van der Waals surface area contributed by atoms with Gasteiger partial charge in [0.1, 0.15) is 5.82 Å². The highest BCUT2D eigenvalue weighted by Crippen LogP contribution is 2.34. The third kappa shape index (κ3) is 5.09. The molecule has 3 rings (SSSR count). The minimum Gasteiger partial charge on any atom is -0.351 e. The summed E-state index contributed by atoms with van der Waals surface area (Å²) in [6, 6.07) is 4.08. The first kappa shape index (κ1) is 22.1. The van der Waals surface area contributed by atoms with Gasteiger partial charge >= 0.3 is 0 Å². The van der Waals surface area contributed by atoms with Crippen LogP contribution in [0.2, 0.25) is 5.02 Å². The van der Waals surface area contributed by atoms with E-state index in [9.17, 15) is 4.79 Å². The zero-order valence-electron chi connectivity index (χ0n) is 17.1. The monoisotopic (exact) mass is 441 g/mol. The first-order valence-electron chi connectivity index (χ1n) is 9.49. The Kier molecular flexibility index (Phi) is 7.29. The van der Waals surface area contributed by atoms with E-state index in [4.69, 9.17) is 11.6 Å². The summed E-state index contributed by atoms with van der Waals surface area (Å²) in [6.07, 6.45) is 5.53. The molecule has 156 valence electrons. The maximum absolute atomic E-state index is 11.4. The van der Waals surface area contributed by atoms with Crippen LogP contribution in [0, 0.1) is 13.8 Å². The molecule has 0 spiro atoms. The number of hydrogen-bond donors (Lipinski definition) is 1. The highest BCUT2D eigenvalue weighted by molar-refractivity contribution is 8.03. The van der Waals surface area contributed by atoms with E-state index in [2.05, 4.69) is 44.5 Å². The van der Waals surface area contributed by atoms with Crippen molar-refractivity contribution in [1.29, 1.82) is 0 Å². The number of halogens is 1. The van der Waals surface area contributed by atoms with Crippen LogP contribution in [-0.2, 0) is 4.79 Å². The molecule has 1 aliphatic rings. The van der Waals surface area contributed by atoms with E-state index in [1.54, 1.807) is 6.20 Å². The number of aryl methyl sites for hydroxylation is 2. The van der Waals surface area contributed by atoms with Crippen molar-refractivity contribution in [3.8, 4) is 11.3 Å². The average Bonchev–Trinajstić information content (AvgIpc) is 2.74. The fourth-order valence-corrected chi connectivity index (χ4v) is 4.42. The second-order valence-corrected chi connectivity index (χ2v) is 8.41. The number of rotatable bonds is 7. The van der Waals surface area contributed by atoms with E-state index in [0.29, 0.717) is 17.4 Å². The number of amides is 1. The van der Waals surface area contributed by atoms with Crippen LogP contribution in [0.5, 0.6) is 0 Å². The van der Waals surface area contributed by atoms with Gasteiger partial charge in [0.25, 0.3) is 0 Å². The Labute approximate surface area is 186 Å². The van der Waals surface area contributed by atoms with E-state index in [0.717, 1.165) is 51.8 Å². The number of anilines is 1. The number of carbonyl (C=O) groups is 1. The molecule has 0 saturated carbocycles. The fourth-order valence-electron chi connectivity index (χ4n) is 3.26. The predicted molar refractivity (Wildman–Crippen MR) is 126 cm³/mol. The second kappa shape index (κ2) is 9.91. The third-order valence-electron chi connectivity index (χ3n) is 4.78. The Morgan fingerprint density at radius 2 is 2.17 bits per heavy atom. The molecule has 2 aromatic rings. The summed E-state index contributed by atoms with van der Waals surface area (Å²) in [6.45, 7) is 12.6. The highest BCUT2D eigenvalue weighted by atomic mass is 35.5. The van der Waals surface area contributed by atoms with Crippen LogP contribution in [0.15, 0.2) is 52.8 Å². The van der Waals surface area contributed by atoms with Gasteiger partial charge in [0.05, 0.1) is 28.8 Å². The molecular formula is C22H24ClN5OS. The standard InChI is InChI=1S/C22H24ClN5OS/c1-5-21(29)27-13-30-19-12-28(7-6-18(19)24-4)20-9-16(17(23)11-25-20)22-15(3)8-14(2)10-26-22/h5,8-11H,1,4,6-7,12-13H2,2-3H3,(H,27,29). The van der Waals surface area contributed by atoms with Crippen LogP contribution in [0.3, 0.4) is 0 Å². The minimum absolute atomic E-state index is 0.200. The van der Waals surface area contributed by atoms with Gasteiger partial charge in [-0.15, -0.1) is 11.8 Å². The first-order valence-corrected chi connectivity index (χ1v) is 10.8. The Morgan fingerprint density at radius 3 is 2.87 bits per heavy atom. The number of aliphatic imine (C=N–C) groups is 1. The van der Waals surface area contributed by atoms with Crippen LogP contribution in [0.25, 0.3) is 11.3 Å². The van der Waals surface area contributed by atoms with Crippen LogP contribution in [0.4, 0.5) is 5.82 Å². The number of hydrogen-bond acceptors (Lipinski definition) is 6. The van der Waals surface area contributed by atoms with Gasteiger partial charge in [-0.25, -0.2) is 4.98 Å². The van der Waals surface area contributed by atoms with Gasteiger partial charge in [0, 0.05) is 35.8 Å². The van der Waals surface area contributed by atoms with Gasteiger partial charge in [0.15, 0.2) is 0 Å². The summed E-state index contributed by atoms with van der Waals surface area (Å²) in [4.78, 5) is 27.9. The Morgan fingerprint density at radius 1 is 1.37 bits per heavy atom. The van der Waals surface area contributed by atoms with Crippen molar-refractivity contribution in [3.05, 3.63) is 63.9 Å². The molecular weight excluding hydrogens is 418 g/mol. The molecule has 30 heavy (non-hydrogen) atoms. The van der Waals surface area contributed by atoms with E-state index in [-0.39, 0.29) is 5.91 Å². The van der Waals surface area contributed by atoms with Crippen molar-refractivity contribution in [2.75, 3.05) is 23.9 Å². The molecule has 0 bridgehead atoms. The summed E-state index contributed by atoms with van der Waals surface area (Å²) in [5.41, 5.74) is 4.85. The number of carbonyl (C=O) groups excluding carboxylic acids is 1. The Bertz CT molecular complexity index is 1020. The molecule has 0 aliphatic carbocycles. The molecule has 6 nitrogen and oxygen atoms in total. The molecule has 1 amide bonds. The molecule has 0 aromatic carbocycles. The highest BCUT2D eigenvalue weighted by Gasteiger charge is 2.21. The SMILES string of the molecule is C=CC(=O)NCSC1=C(N=C)CCN(c2cc(-c3ncc(C)cc3C)c(Cl)cn2)C1. The number of thioether (sulfide) groups is 1. The quantitative estimate of drug-likeness (QED) is 0.388. The maximum atomic E-state index is 11.4.